The molecule has 0 aliphatic carbocycles. The highest BCUT2D eigenvalue weighted by Crippen LogP contribution is 2.38. The molecule has 2 atom stereocenters. The van der Waals surface area contributed by atoms with Crippen LogP contribution in [0.25, 0.3) is 11.1 Å². The van der Waals surface area contributed by atoms with Crippen LogP contribution < -0.4 is 4.72 Å². The Hall–Kier alpha value is -2.87. The summed E-state index contributed by atoms with van der Waals surface area (Å²) in [6, 6.07) is 2.76. The number of sulfonamides is 1. The Bertz CT molecular complexity index is 1220. The first-order chi connectivity index (χ1) is 15.9. The van der Waals surface area contributed by atoms with E-state index in [4.69, 9.17) is 4.84 Å². The average molecular weight is 508 g/mol. The van der Waals surface area contributed by atoms with E-state index in [0.29, 0.717) is 5.56 Å². The molecular weight excluding hydrogens is 490 g/mol. The molecule has 184 valence electrons. The summed E-state index contributed by atoms with van der Waals surface area (Å²) in [5, 5.41) is 3.77. The van der Waals surface area contributed by atoms with Crippen LogP contribution in [-0.2, 0) is 14.9 Å². The van der Waals surface area contributed by atoms with Crippen LogP contribution in [0, 0.1) is 18.6 Å². The molecule has 0 spiro atoms. The molecule has 3 heterocycles. The summed E-state index contributed by atoms with van der Waals surface area (Å²) in [6.07, 6.45) is 0.344. The summed E-state index contributed by atoms with van der Waals surface area (Å²) in [7, 11) is -5.24. The maximum atomic E-state index is 14.4. The number of aromatic nitrogens is 1. The second-order valence-electron chi connectivity index (χ2n) is 7.97. The van der Waals surface area contributed by atoms with Crippen molar-refractivity contribution >= 4 is 15.9 Å². The number of nitrogens with one attached hydrogen (secondary N) is 1. The lowest BCUT2D eigenvalue weighted by molar-refractivity contribution is -0.00168. The molecule has 1 saturated heterocycles. The first-order valence-corrected chi connectivity index (χ1v) is 11.5. The lowest BCUT2D eigenvalue weighted by Crippen LogP contribution is -2.48. The largest absolute Gasteiger partial charge is 0.384 e. The van der Waals surface area contributed by atoms with Gasteiger partial charge in [-0.1, -0.05) is 11.2 Å². The van der Waals surface area contributed by atoms with Crippen molar-refractivity contribution in [3.63, 3.8) is 0 Å². The Morgan fingerprint density at radius 3 is 2.56 bits per heavy atom. The molecule has 0 unspecified atom stereocenters. The number of pyridine rings is 1. The lowest BCUT2D eigenvalue weighted by atomic mass is 9.97. The van der Waals surface area contributed by atoms with Gasteiger partial charge in [0, 0.05) is 18.3 Å². The third-order valence-electron chi connectivity index (χ3n) is 5.47. The number of likely N-dealkylation sites (tertiary alicyclic amines) is 1. The van der Waals surface area contributed by atoms with Gasteiger partial charge in [-0.25, -0.2) is 26.0 Å². The lowest BCUT2D eigenvalue weighted by Gasteiger charge is -2.18. The minimum absolute atomic E-state index is 0.00856. The second kappa shape index (κ2) is 8.73. The van der Waals surface area contributed by atoms with E-state index in [1.54, 1.807) is 6.92 Å². The van der Waals surface area contributed by atoms with Crippen LogP contribution in [-0.4, -0.2) is 54.9 Å². The van der Waals surface area contributed by atoms with Gasteiger partial charge in [0.2, 0.25) is 0 Å². The van der Waals surface area contributed by atoms with Gasteiger partial charge in [0.25, 0.3) is 15.9 Å². The topological polar surface area (TPSA) is 83.9 Å². The highest BCUT2D eigenvalue weighted by molar-refractivity contribution is 7.89. The van der Waals surface area contributed by atoms with E-state index >= 15 is 0 Å². The number of hydrogen-bond donors (Lipinski definition) is 1. The van der Waals surface area contributed by atoms with Crippen molar-refractivity contribution in [3.8, 4) is 11.1 Å². The molecule has 1 aromatic carbocycles. The SMILES string of the molecule is Cc1cnc([C@@H]2CC(N3C[C@@H](NS(=O)(=O)C(F)F)C(F)(F)C3)=NO2)c(-c2c(F)cccc2F)c1. The Kier molecular flexibility index (Phi) is 6.23. The summed E-state index contributed by atoms with van der Waals surface area (Å²) in [5.74, 6) is -9.20. The van der Waals surface area contributed by atoms with Crippen molar-refractivity contribution in [3.05, 3.63) is 53.4 Å². The maximum Gasteiger partial charge on any atom is 0.350 e. The number of rotatable bonds is 5. The van der Waals surface area contributed by atoms with Gasteiger partial charge in [0.1, 0.15) is 23.5 Å². The number of nitrogens with zero attached hydrogens (tertiary/aromatic N) is 3. The molecule has 0 saturated carbocycles. The van der Waals surface area contributed by atoms with Crippen molar-refractivity contribution in [2.45, 2.75) is 37.2 Å². The molecular formula is C20H18F6N4O3S. The van der Waals surface area contributed by atoms with Crippen LogP contribution in [0.5, 0.6) is 0 Å². The molecule has 0 radical (unpaired) electrons. The van der Waals surface area contributed by atoms with Crippen molar-refractivity contribution in [1.82, 2.24) is 14.6 Å². The zero-order valence-corrected chi connectivity index (χ0v) is 18.3. The normalized spacial score (nSPS) is 22.2. The third-order valence-corrected chi connectivity index (χ3v) is 6.55. The zero-order chi connectivity index (χ0) is 24.8. The van der Waals surface area contributed by atoms with Crippen LogP contribution in [0.2, 0.25) is 0 Å². The summed E-state index contributed by atoms with van der Waals surface area (Å²) in [4.78, 5) is 10.6. The van der Waals surface area contributed by atoms with E-state index in [-0.39, 0.29) is 29.1 Å². The van der Waals surface area contributed by atoms with Gasteiger partial charge in [-0.15, -0.1) is 0 Å². The highest BCUT2D eigenvalue weighted by atomic mass is 32.2. The maximum absolute atomic E-state index is 14.4. The first-order valence-electron chi connectivity index (χ1n) is 9.94. The molecule has 2 aromatic rings. The number of alkyl halides is 4. The van der Waals surface area contributed by atoms with Crippen LogP contribution in [0.4, 0.5) is 26.3 Å². The zero-order valence-electron chi connectivity index (χ0n) is 17.5. The Labute approximate surface area is 190 Å². The quantitative estimate of drug-likeness (QED) is 0.625. The van der Waals surface area contributed by atoms with Gasteiger partial charge in [0.05, 0.1) is 24.2 Å². The van der Waals surface area contributed by atoms with E-state index < -0.39 is 58.6 Å². The minimum atomic E-state index is -5.24. The molecule has 4 rings (SSSR count). The Morgan fingerprint density at radius 1 is 1.24 bits per heavy atom. The smallest absolute Gasteiger partial charge is 0.350 e. The van der Waals surface area contributed by atoms with E-state index in [0.717, 1.165) is 17.0 Å². The fraction of sp³-hybridized carbons (Fsp3) is 0.400. The number of halogens is 6. The first kappa shape index (κ1) is 24.3. The molecule has 2 aliphatic rings. The van der Waals surface area contributed by atoms with E-state index in [2.05, 4.69) is 10.1 Å². The average Bonchev–Trinajstić information content (AvgIpc) is 3.32. The number of benzene rings is 1. The molecule has 2 aliphatic heterocycles. The van der Waals surface area contributed by atoms with Gasteiger partial charge >= 0.3 is 5.76 Å². The molecule has 7 nitrogen and oxygen atoms in total. The molecule has 1 N–H and O–H groups in total. The van der Waals surface area contributed by atoms with Gasteiger partial charge in [-0.05, 0) is 30.7 Å². The van der Waals surface area contributed by atoms with Crippen molar-refractivity contribution in [1.29, 1.82) is 0 Å². The standard InChI is InChI=1S/C20H18F6N4O3S/c1-10-5-11(17-12(21)3-2-4-13(17)22)18(27-7-10)14-6-16(28-33-14)30-8-15(20(25,26)9-30)29-34(31,32)19(23)24/h2-5,7,14-15,19,29H,6,8-9H2,1H3/t14-,15+/m0/s1. The second-order valence-corrected chi connectivity index (χ2v) is 9.65. The van der Waals surface area contributed by atoms with Gasteiger partial charge in [0.15, 0.2) is 6.10 Å². The van der Waals surface area contributed by atoms with Crippen molar-refractivity contribution in [2.75, 3.05) is 13.1 Å². The summed E-state index contributed by atoms with van der Waals surface area (Å²) in [5.41, 5.74) is 0.495. The predicted molar refractivity (Wildman–Crippen MR) is 109 cm³/mol. The monoisotopic (exact) mass is 508 g/mol. The highest BCUT2D eigenvalue weighted by Gasteiger charge is 2.52. The summed E-state index contributed by atoms with van der Waals surface area (Å²) >= 11 is 0. The summed E-state index contributed by atoms with van der Waals surface area (Å²) < 4.78 is 107. The summed E-state index contributed by atoms with van der Waals surface area (Å²) in [6.45, 7) is 0.0435. The molecule has 14 heteroatoms. The Balaban J connectivity index is 1.56. The van der Waals surface area contributed by atoms with E-state index in [1.165, 1.54) is 23.1 Å². The molecule has 34 heavy (non-hydrogen) atoms. The fourth-order valence-electron chi connectivity index (χ4n) is 3.84. The van der Waals surface area contributed by atoms with Crippen LogP contribution in [0.1, 0.15) is 23.8 Å². The predicted octanol–water partition coefficient (Wildman–Crippen LogP) is 3.57. The number of oxime groups is 1. The van der Waals surface area contributed by atoms with Crippen LogP contribution in [0.15, 0.2) is 35.6 Å². The van der Waals surface area contributed by atoms with Crippen LogP contribution >= 0.6 is 0 Å². The van der Waals surface area contributed by atoms with E-state index in [9.17, 15) is 34.8 Å². The third kappa shape index (κ3) is 4.56. The number of amidine groups is 1. The number of aryl methyl sites for hydroxylation is 1. The van der Waals surface area contributed by atoms with Gasteiger partial charge < -0.3 is 9.74 Å². The molecule has 0 amide bonds. The Morgan fingerprint density at radius 2 is 1.91 bits per heavy atom. The van der Waals surface area contributed by atoms with Crippen molar-refractivity contribution in [2.24, 2.45) is 5.16 Å². The molecule has 0 bridgehead atoms. The molecule has 1 fully saturated rings. The van der Waals surface area contributed by atoms with Gasteiger partial charge in [-0.3, -0.25) is 4.98 Å². The van der Waals surface area contributed by atoms with E-state index in [1.807, 2.05) is 0 Å². The van der Waals surface area contributed by atoms with Crippen molar-refractivity contribution < 1.29 is 39.6 Å². The number of hydrogen-bond acceptors (Lipinski definition) is 6. The van der Waals surface area contributed by atoms with Crippen LogP contribution in [0.3, 0.4) is 0 Å². The van der Waals surface area contributed by atoms with Gasteiger partial charge in [-0.2, -0.15) is 13.5 Å². The minimum Gasteiger partial charge on any atom is -0.384 e. The molecule has 1 aromatic heterocycles. The fourth-order valence-corrected chi connectivity index (χ4v) is 4.59.